The number of likely N-dealkylation sites (tertiary alicyclic amines) is 1. The molecule has 156 valence electrons. The van der Waals surface area contributed by atoms with Crippen LogP contribution in [0.5, 0.6) is 0 Å². The smallest absolute Gasteiger partial charge is 0.225 e. The van der Waals surface area contributed by atoms with Crippen LogP contribution in [-0.4, -0.2) is 39.1 Å². The minimum absolute atomic E-state index is 0.0419. The van der Waals surface area contributed by atoms with E-state index in [9.17, 15) is 9.18 Å². The number of alkyl halides is 1. The molecule has 1 unspecified atom stereocenters. The van der Waals surface area contributed by atoms with Crippen LogP contribution in [0.15, 0.2) is 30.7 Å². The fourth-order valence-corrected chi connectivity index (χ4v) is 4.63. The number of rotatable bonds is 5. The van der Waals surface area contributed by atoms with Gasteiger partial charge in [0.2, 0.25) is 5.91 Å². The van der Waals surface area contributed by atoms with E-state index in [1.165, 1.54) is 6.07 Å². The molecule has 3 heterocycles. The third-order valence-electron chi connectivity index (χ3n) is 6.89. The molecule has 4 rings (SSSR count). The summed E-state index contributed by atoms with van der Waals surface area (Å²) in [6.07, 6.45) is 5.01. The van der Waals surface area contributed by atoms with Gasteiger partial charge in [0, 0.05) is 30.1 Å². The molecule has 0 N–H and O–H groups in total. The first-order chi connectivity index (χ1) is 13.8. The number of hydrogen-bond acceptors (Lipinski definition) is 2. The number of fused-ring (bicyclic) bond motifs is 3. The Morgan fingerprint density at radius 1 is 1.28 bits per heavy atom. The lowest BCUT2D eigenvalue weighted by atomic mass is 9.85. The van der Waals surface area contributed by atoms with Crippen LogP contribution in [0.4, 0.5) is 8.78 Å². The first-order valence-corrected chi connectivity index (χ1v) is 10.6. The van der Waals surface area contributed by atoms with E-state index in [2.05, 4.69) is 4.98 Å². The molecular formula is C23H29F2N3O. The molecule has 2 aromatic rings. The van der Waals surface area contributed by atoms with E-state index in [1.807, 2.05) is 31.4 Å². The van der Waals surface area contributed by atoms with Crippen molar-refractivity contribution >= 4 is 5.91 Å². The zero-order chi connectivity index (χ0) is 20.8. The van der Waals surface area contributed by atoms with Gasteiger partial charge in [-0.25, -0.2) is 13.8 Å². The van der Waals surface area contributed by atoms with Gasteiger partial charge in [-0.3, -0.25) is 4.79 Å². The molecule has 1 amide bonds. The largest absolute Gasteiger partial charge is 0.342 e. The normalized spacial score (nSPS) is 21.2. The van der Waals surface area contributed by atoms with Gasteiger partial charge < -0.3 is 9.47 Å². The molecule has 0 saturated carbocycles. The van der Waals surface area contributed by atoms with E-state index in [-0.39, 0.29) is 29.6 Å². The van der Waals surface area contributed by atoms with E-state index < -0.39 is 5.67 Å². The minimum atomic E-state index is -1.31. The van der Waals surface area contributed by atoms with Crippen LogP contribution in [0.1, 0.15) is 58.1 Å². The predicted octanol–water partition coefficient (Wildman–Crippen LogP) is 5.00. The Morgan fingerprint density at radius 3 is 2.69 bits per heavy atom. The summed E-state index contributed by atoms with van der Waals surface area (Å²) < 4.78 is 32.1. The molecule has 2 atom stereocenters. The zero-order valence-electron chi connectivity index (χ0n) is 17.4. The fraction of sp³-hybridized carbons (Fsp3) is 0.565. The van der Waals surface area contributed by atoms with Gasteiger partial charge in [-0.1, -0.05) is 32.9 Å². The number of amides is 1. The average Bonchev–Trinajstić information content (AvgIpc) is 3.28. The van der Waals surface area contributed by atoms with Gasteiger partial charge in [0.15, 0.2) is 0 Å². The van der Waals surface area contributed by atoms with Crippen LogP contribution in [0.3, 0.4) is 0 Å². The quantitative estimate of drug-likeness (QED) is 0.708. The summed E-state index contributed by atoms with van der Waals surface area (Å²) in [5, 5.41) is 0. The van der Waals surface area contributed by atoms with Crippen molar-refractivity contribution in [2.75, 3.05) is 13.1 Å². The first-order valence-electron chi connectivity index (χ1n) is 10.6. The number of benzene rings is 1. The standard InChI is InChI=1S/C23H29F2N3O/c1-15(2)16(3)22(29)27-11-9-23(25,10-12-27)8-7-19-21-17(5-4-6-18(21)24)20-13-26-14-28(19)20/h4-6,13-16,19H,7-12H2,1-3H3/t16-,19?/m0/s1. The van der Waals surface area contributed by atoms with E-state index >= 15 is 4.39 Å². The zero-order valence-corrected chi connectivity index (χ0v) is 17.4. The second-order valence-corrected chi connectivity index (χ2v) is 8.95. The maximum absolute atomic E-state index is 15.5. The number of aromatic nitrogens is 2. The van der Waals surface area contributed by atoms with Crippen LogP contribution in [0.25, 0.3) is 11.3 Å². The Morgan fingerprint density at radius 2 is 2.00 bits per heavy atom. The second-order valence-electron chi connectivity index (χ2n) is 8.95. The van der Waals surface area contributed by atoms with Gasteiger partial charge in [-0.05, 0) is 37.7 Å². The Bertz CT molecular complexity index is 899. The van der Waals surface area contributed by atoms with Gasteiger partial charge in [0.1, 0.15) is 11.5 Å². The molecule has 0 aliphatic carbocycles. The summed E-state index contributed by atoms with van der Waals surface area (Å²) in [6, 6.07) is 4.85. The monoisotopic (exact) mass is 401 g/mol. The van der Waals surface area contributed by atoms with Crippen molar-refractivity contribution < 1.29 is 13.6 Å². The van der Waals surface area contributed by atoms with Gasteiger partial charge in [0.05, 0.1) is 24.3 Å². The topological polar surface area (TPSA) is 38.1 Å². The Kier molecular flexibility index (Phi) is 5.21. The highest BCUT2D eigenvalue weighted by atomic mass is 19.1. The molecule has 0 spiro atoms. The van der Waals surface area contributed by atoms with Crippen molar-refractivity contribution in [1.29, 1.82) is 0 Å². The Balaban J connectivity index is 1.43. The Labute approximate surface area is 170 Å². The van der Waals surface area contributed by atoms with E-state index in [0.717, 1.165) is 11.3 Å². The molecule has 2 aliphatic rings. The molecule has 29 heavy (non-hydrogen) atoms. The van der Waals surface area contributed by atoms with Crippen LogP contribution >= 0.6 is 0 Å². The highest BCUT2D eigenvalue weighted by Gasteiger charge is 2.39. The first kappa shape index (κ1) is 20.0. The highest BCUT2D eigenvalue weighted by molar-refractivity contribution is 5.78. The van der Waals surface area contributed by atoms with Crippen molar-refractivity contribution in [1.82, 2.24) is 14.5 Å². The van der Waals surface area contributed by atoms with Crippen molar-refractivity contribution in [2.24, 2.45) is 11.8 Å². The summed E-state index contributed by atoms with van der Waals surface area (Å²) in [5.41, 5.74) is 1.07. The van der Waals surface area contributed by atoms with Crippen LogP contribution in [-0.2, 0) is 4.79 Å². The molecule has 0 bridgehead atoms. The lowest BCUT2D eigenvalue weighted by Crippen LogP contribution is -2.47. The highest BCUT2D eigenvalue weighted by Crippen LogP contribution is 2.44. The summed E-state index contributed by atoms with van der Waals surface area (Å²) in [6.45, 7) is 6.93. The molecule has 1 saturated heterocycles. The molecule has 4 nitrogen and oxygen atoms in total. The lowest BCUT2D eigenvalue weighted by Gasteiger charge is -2.38. The summed E-state index contributed by atoms with van der Waals surface area (Å²) in [4.78, 5) is 18.6. The third-order valence-corrected chi connectivity index (χ3v) is 6.89. The number of hydrogen-bond donors (Lipinski definition) is 0. The summed E-state index contributed by atoms with van der Waals surface area (Å²) >= 11 is 0. The van der Waals surface area contributed by atoms with Crippen LogP contribution in [0, 0.1) is 17.7 Å². The summed E-state index contributed by atoms with van der Waals surface area (Å²) in [5.74, 6) is 0.116. The van der Waals surface area contributed by atoms with Gasteiger partial charge in [0.25, 0.3) is 0 Å². The number of carbonyl (C=O) groups is 1. The molecule has 1 aromatic heterocycles. The van der Waals surface area contributed by atoms with Gasteiger partial charge >= 0.3 is 0 Å². The lowest BCUT2D eigenvalue weighted by molar-refractivity contribution is -0.139. The Hall–Kier alpha value is -2.24. The number of halogens is 2. The molecular weight excluding hydrogens is 372 g/mol. The van der Waals surface area contributed by atoms with Crippen molar-refractivity contribution in [3.63, 3.8) is 0 Å². The van der Waals surface area contributed by atoms with Crippen LogP contribution in [0.2, 0.25) is 0 Å². The SMILES string of the molecule is CC(C)[C@H](C)C(=O)N1CCC(F)(CCC2c3c(F)cccc3-c3cncn32)CC1. The van der Waals surface area contributed by atoms with Gasteiger partial charge in [-0.15, -0.1) is 0 Å². The average molecular weight is 402 g/mol. The van der Waals surface area contributed by atoms with Crippen molar-refractivity contribution in [3.8, 4) is 11.3 Å². The number of piperidine rings is 1. The second kappa shape index (κ2) is 7.54. The minimum Gasteiger partial charge on any atom is -0.342 e. The van der Waals surface area contributed by atoms with E-state index in [1.54, 1.807) is 23.5 Å². The predicted molar refractivity (Wildman–Crippen MR) is 109 cm³/mol. The van der Waals surface area contributed by atoms with Crippen LogP contribution < -0.4 is 0 Å². The number of imidazole rings is 1. The van der Waals surface area contributed by atoms with E-state index in [4.69, 9.17) is 0 Å². The third kappa shape index (κ3) is 3.58. The maximum Gasteiger partial charge on any atom is 0.225 e. The maximum atomic E-state index is 15.5. The molecule has 2 aliphatic heterocycles. The molecule has 1 fully saturated rings. The molecule has 1 aromatic carbocycles. The van der Waals surface area contributed by atoms with Gasteiger partial charge in [-0.2, -0.15) is 0 Å². The molecule has 6 heteroatoms. The fourth-order valence-electron chi connectivity index (χ4n) is 4.63. The number of carbonyl (C=O) groups excluding carboxylic acids is 1. The number of nitrogens with zero attached hydrogens (tertiary/aromatic N) is 3. The van der Waals surface area contributed by atoms with Crippen molar-refractivity contribution in [2.45, 2.75) is 58.2 Å². The molecule has 0 radical (unpaired) electrons. The van der Waals surface area contributed by atoms with E-state index in [0.29, 0.717) is 44.3 Å². The summed E-state index contributed by atoms with van der Waals surface area (Å²) in [7, 11) is 0. The van der Waals surface area contributed by atoms with Crippen molar-refractivity contribution in [3.05, 3.63) is 42.1 Å².